The maximum absolute atomic E-state index is 11.9. The van der Waals surface area contributed by atoms with Gasteiger partial charge in [-0.05, 0) is 13.3 Å². The van der Waals surface area contributed by atoms with Gasteiger partial charge >= 0.3 is 12.1 Å². The number of carbonyl (C=O) groups is 2. The van der Waals surface area contributed by atoms with Gasteiger partial charge in [-0.1, -0.05) is 12.7 Å². The van der Waals surface area contributed by atoms with E-state index >= 15 is 0 Å². The Labute approximate surface area is 110 Å². The summed E-state index contributed by atoms with van der Waals surface area (Å²) in [5.41, 5.74) is -0.118. The van der Waals surface area contributed by atoms with Gasteiger partial charge in [-0.25, -0.2) is 14.6 Å². The summed E-state index contributed by atoms with van der Waals surface area (Å²) in [6.07, 6.45) is 1.61. The first-order valence-corrected chi connectivity index (χ1v) is 5.92. The molecule has 2 heterocycles. The lowest BCUT2D eigenvalue weighted by atomic mass is 10.3. The minimum Gasteiger partial charge on any atom is -0.476 e. The molecule has 0 aromatic carbocycles. The third-order valence-electron chi connectivity index (χ3n) is 2.90. The maximum atomic E-state index is 11.9. The van der Waals surface area contributed by atoms with Crippen LogP contribution in [0, 0.1) is 6.92 Å². The molecule has 102 valence electrons. The molecule has 1 aliphatic heterocycles. The first kappa shape index (κ1) is 13.1. The summed E-state index contributed by atoms with van der Waals surface area (Å²) in [5.74, 6) is -0.279. The molecule has 0 bridgehead atoms. The Balaban J connectivity index is 2.39. The third-order valence-corrected chi connectivity index (χ3v) is 2.90. The molecular formula is C12H15N3O4. The van der Waals surface area contributed by atoms with Crippen molar-refractivity contribution in [2.24, 2.45) is 0 Å². The number of aromatic nitrogens is 2. The molecule has 1 aromatic heterocycles. The molecule has 0 unspecified atom stereocenters. The summed E-state index contributed by atoms with van der Waals surface area (Å²) >= 11 is 0. The zero-order valence-electron chi connectivity index (χ0n) is 10.6. The van der Waals surface area contributed by atoms with Crippen LogP contribution in [0.25, 0.3) is 0 Å². The average Bonchev–Trinajstić information content (AvgIpc) is 2.74. The van der Waals surface area contributed by atoms with Crippen molar-refractivity contribution in [2.45, 2.75) is 19.9 Å². The number of rotatable bonds is 3. The molecule has 1 aromatic rings. The van der Waals surface area contributed by atoms with Crippen molar-refractivity contribution in [1.29, 1.82) is 0 Å². The predicted molar refractivity (Wildman–Crippen MR) is 67.4 cm³/mol. The van der Waals surface area contributed by atoms with E-state index < -0.39 is 12.1 Å². The van der Waals surface area contributed by atoms with E-state index in [9.17, 15) is 9.59 Å². The van der Waals surface area contributed by atoms with Gasteiger partial charge in [0.25, 0.3) is 0 Å². The number of aryl methyl sites for hydroxylation is 1. The highest BCUT2D eigenvalue weighted by molar-refractivity contribution is 5.97. The Kier molecular flexibility index (Phi) is 3.55. The molecule has 7 heteroatoms. The molecule has 1 amide bonds. The van der Waals surface area contributed by atoms with Crippen LogP contribution in [0.1, 0.15) is 22.7 Å². The molecule has 0 saturated heterocycles. The maximum Gasteiger partial charge on any atom is 0.415 e. The minimum atomic E-state index is -1.15. The van der Waals surface area contributed by atoms with Gasteiger partial charge in [0.1, 0.15) is 12.4 Å². The summed E-state index contributed by atoms with van der Waals surface area (Å²) in [4.78, 5) is 28.4. The summed E-state index contributed by atoms with van der Waals surface area (Å²) in [6, 6.07) is 0. The van der Waals surface area contributed by atoms with E-state index in [1.54, 1.807) is 11.5 Å². The summed E-state index contributed by atoms with van der Waals surface area (Å²) < 4.78 is 6.69. The molecule has 0 spiro atoms. The number of carboxylic acid groups (broad SMARTS) is 1. The second kappa shape index (κ2) is 5.13. The molecule has 1 N–H and O–H groups in total. The van der Waals surface area contributed by atoms with Gasteiger partial charge in [-0.3, -0.25) is 4.90 Å². The highest BCUT2D eigenvalue weighted by Gasteiger charge is 2.31. The van der Waals surface area contributed by atoms with Crippen molar-refractivity contribution in [1.82, 2.24) is 9.55 Å². The second-order valence-electron chi connectivity index (χ2n) is 4.16. The number of carbonyl (C=O) groups excluding carboxylic acids is 1. The highest BCUT2D eigenvalue weighted by atomic mass is 16.6. The molecule has 0 saturated carbocycles. The Morgan fingerprint density at radius 2 is 2.26 bits per heavy atom. The molecule has 7 nitrogen and oxygen atoms in total. The van der Waals surface area contributed by atoms with Crippen molar-refractivity contribution < 1.29 is 19.4 Å². The molecule has 0 radical (unpaired) electrons. The number of aromatic carboxylic acids is 1. The lowest BCUT2D eigenvalue weighted by Gasteiger charge is -2.28. The van der Waals surface area contributed by atoms with Crippen LogP contribution in [0.2, 0.25) is 0 Å². The van der Waals surface area contributed by atoms with Crippen LogP contribution in [0.4, 0.5) is 10.6 Å². The average molecular weight is 265 g/mol. The molecule has 19 heavy (non-hydrogen) atoms. The third kappa shape index (κ3) is 2.31. The number of amides is 1. The Morgan fingerprint density at radius 3 is 2.89 bits per heavy atom. The molecule has 0 atom stereocenters. The number of nitrogens with zero attached hydrogens (tertiary/aromatic N) is 3. The molecular weight excluding hydrogens is 250 g/mol. The molecule has 0 aliphatic carbocycles. The Morgan fingerprint density at radius 1 is 1.53 bits per heavy atom. The van der Waals surface area contributed by atoms with Gasteiger partial charge in [0.05, 0.1) is 0 Å². The van der Waals surface area contributed by atoms with Crippen LogP contribution >= 0.6 is 0 Å². The van der Waals surface area contributed by atoms with Crippen LogP contribution in [0.15, 0.2) is 12.7 Å². The van der Waals surface area contributed by atoms with Gasteiger partial charge in [0.15, 0.2) is 11.5 Å². The summed E-state index contributed by atoms with van der Waals surface area (Å²) in [6.45, 7) is 6.33. The van der Waals surface area contributed by atoms with Crippen LogP contribution in [-0.4, -0.2) is 39.9 Å². The number of carboxylic acids is 1. The molecule has 0 fully saturated rings. The van der Waals surface area contributed by atoms with Gasteiger partial charge in [-0.15, -0.1) is 0 Å². The lowest BCUT2D eigenvalue weighted by Crippen LogP contribution is -2.38. The quantitative estimate of drug-likeness (QED) is 0.835. The number of imidazole rings is 1. The fourth-order valence-electron chi connectivity index (χ4n) is 2.12. The Hall–Kier alpha value is -2.31. The van der Waals surface area contributed by atoms with Gasteiger partial charge in [0, 0.05) is 13.1 Å². The summed E-state index contributed by atoms with van der Waals surface area (Å²) in [7, 11) is 0. The van der Waals surface area contributed by atoms with Crippen molar-refractivity contribution >= 4 is 17.9 Å². The second-order valence-corrected chi connectivity index (χ2v) is 4.16. The van der Waals surface area contributed by atoms with E-state index in [4.69, 9.17) is 9.84 Å². The fourth-order valence-corrected chi connectivity index (χ4v) is 2.12. The predicted octanol–water partition coefficient (Wildman–Crippen LogP) is 1.42. The van der Waals surface area contributed by atoms with E-state index in [-0.39, 0.29) is 12.3 Å². The number of fused-ring (bicyclic) bond motifs is 1. The van der Waals surface area contributed by atoms with Crippen molar-refractivity contribution in [2.75, 3.05) is 18.1 Å². The van der Waals surface area contributed by atoms with E-state index in [0.29, 0.717) is 24.7 Å². The largest absolute Gasteiger partial charge is 0.476 e. The van der Waals surface area contributed by atoms with Gasteiger partial charge in [0.2, 0.25) is 0 Å². The topological polar surface area (TPSA) is 84.7 Å². The smallest absolute Gasteiger partial charge is 0.415 e. The summed E-state index contributed by atoms with van der Waals surface area (Å²) in [5, 5.41) is 9.16. The van der Waals surface area contributed by atoms with Crippen LogP contribution in [0.5, 0.6) is 0 Å². The standard InChI is InChI=1S/C12H15N3O4/c1-3-7-19-12(18)15-6-4-5-14-8(2)13-9(10(14)15)11(16)17/h3H,1,4-7H2,2H3,(H,16,17). The van der Waals surface area contributed by atoms with Gasteiger partial charge < -0.3 is 14.4 Å². The first-order chi connectivity index (χ1) is 9.06. The zero-order valence-corrected chi connectivity index (χ0v) is 10.6. The first-order valence-electron chi connectivity index (χ1n) is 5.92. The normalized spacial score (nSPS) is 13.8. The van der Waals surface area contributed by atoms with E-state index in [1.807, 2.05) is 0 Å². The monoisotopic (exact) mass is 265 g/mol. The van der Waals surface area contributed by atoms with Crippen molar-refractivity contribution in [3.63, 3.8) is 0 Å². The van der Waals surface area contributed by atoms with Gasteiger partial charge in [-0.2, -0.15) is 0 Å². The van der Waals surface area contributed by atoms with Crippen LogP contribution < -0.4 is 4.90 Å². The number of anilines is 1. The fraction of sp³-hybridized carbons (Fsp3) is 0.417. The minimum absolute atomic E-state index is 0.0882. The number of ether oxygens (including phenoxy) is 1. The Bertz CT molecular complexity index is 535. The molecule has 1 aliphatic rings. The lowest BCUT2D eigenvalue weighted by molar-refractivity contribution is 0.0691. The van der Waals surface area contributed by atoms with Crippen LogP contribution in [0.3, 0.4) is 0 Å². The van der Waals surface area contributed by atoms with E-state index in [0.717, 1.165) is 6.42 Å². The number of hydrogen-bond donors (Lipinski definition) is 1. The van der Waals surface area contributed by atoms with Crippen LogP contribution in [-0.2, 0) is 11.3 Å². The van der Waals surface area contributed by atoms with E-state index in [2.05, 4.69) is 11.6 Å². The molecule has 2 rings (SSSR count). The SMILES string of the molecule is C=CCOC(=O)N1CCCn2c(C)nc(C(=O)O)c21. The highest BCUT2D eigenvalue weighted by Crippen LogP contribution is 2.27. The van der Waals surface area contributed by atoms with Crippen molar-refractivity contribution in [3.05, 3.63) is 24.2 Å². The number of hydrogen-bond acceptors (Lipinski definition) is 4. The van der Waals surface area contributed by atoms with E-state index in [1.165, 1.54) is 11.0 Å². The van der Waals surface area contributed by atoms with Crippen molar-refractivity contribution in [3.8, 4) is 0 Å². The zero-order chi connectivity index (χ0) is 14.0.